The van der Waals surface area contributed by atoms with E-state index in [1.165, 1.54) is 13.8 Å². The molecule has 0 aliphatic rings. The van der Waals surface area contributed by atoms with E-state index in [0.717, 1.165) is 0 Å². The minimum absolute atomic E-state index is 0.317. The summed E-state index contributed by atoms with van der Waals surface area (Å²) < 4.78 is 11.5. The molecule has 0 radical (unpaired) electrons. The molecule has 2 atom stereocenters. The van der Waals surface area contributed by atoms with E-state index >= 15 is 0 Å². The first-order valence-electron chi connectivity index (χ1n) is 9.43. The average Bonchev–Trinajstić information content (AvgIpc) is 2.45. The molecule has 0 amide bonds. The molecule has 0 aromatic rings. The summed E-state index contributed by atoms with van der Waals surface area (Å²) in [6, 6.07) is 0. The standard InChI is InChI=1S/2C6H10O3.2C3H9OSi.Zr/c2*1-3-5(4(2)7)6(8)9;2*1-5(2,3)4;/h2*5H,3H2,1-2H3,(H,8,9);2*1-3H3;/q;;2*-1;+4/p-2. The van der Waals surface area contributed by atoms with Gasteiger partial charge >= 0.3 is 85.0 Å². The zero-order valence-corrected chi connectivity index (χ0v) is 23.8. The summed E-state index contributed by atoms with van der Waals surface area (Å²) in [6.45, 7) is 19.0. The van der Waals surface area contributed by atoms with Crippen LogP contribution in [0.1, 0.15) is 40.5 Å². The van der Waals surface area contributed by atoms with Crippen LogP contribution in [0.2, 0.25) is 39.3 Å². The van der Waals surface area contributed by atoms with Crippen LogP contribution in [0.5, 0.6) is 0 Å². The van der Waals surface area contributed by atoms with Crippen LogP contribution in [0.15, 0.2) is 0 Å². The molecule has 8 nitrogen and oxygen atoms in total. The van der Waals surface area contributed by atoms with Gasteiger partial charge in [-0.3, -0.25) is 9.59 Å². The molecule has 0 spiro atoms. The molecule has 2 unspecified atom stereocenters. The quantitative estimate of drug-likeness (QED) is 0.307. The normalized spacial score (nSPS) is 12.8. The topological polar surface area (TPSA) is 133 Å². The molecule has 168 valence electrons. The maximum absolute atomic E-state index is 10.4. The molecule has 29 heavy (non-hydrogen) atoms. The Morgan fingerprint density at radius 1 is 0.724 bits per heavy atom. The number of hydrogen-bond acceptors (Lipinski definition) is 8. The SMILES string of the molecule is CCC(C(C)=O)C(=O)[O-].CCC(C(C)=O)C(=O)[O-].C[Si](C)(C)[O][Zr+2][O][Si](C)(C)C. The van der Waals surface area contributed by atoms with Crippen molar-refractivity contribution >= 4 is 40.1 Å². The Morgan fingerprint density at radius 3 is 1.03 bits per heavy atom. The van der Waals surface area contributed by atoms with Gasteiger partial charge in [0.05, 0.1) is 23.8 Å². The molecule has 0 fully saturated rings. The van der Waals surface area contributed by atoms with Crippen LogP contribution in [0.4, 0.5) is 0 Å². The number of hydrogen-bond donors (Lipinski definition) is 0. The maximum atomic E-state index is 10.4. The molecule has 0 bridgehead atoms. The van der Waals surface area contributed by atoms with Crippen molar-refractivity contribution in [1.82, 2.24) is 0 Å². The van der Waals surface area contributed by atoms with Crippen LogP contribution in [-0.4, -0.2) is 40.1 Å². The van der Waals surface area contributed by atoms with Gasteiger partial charge in [0.25, 0.3) is 0 Å². The van der Waals surface area contributed by atoms with Gasteiger partial charge in [0.2, 0.25) is 0 Å². The van der Waals surface area contributed by atoms with Gasteiger partial charge in [-0.25, -0.2) is 0 Å². The Morgan fingerprint density at radius 2 is 0.966 bits per heavy atom. The van der Waals surface area contributed by atoms with Gasteiger partial charge in [0.1, 0.15) is 11.6 Å². The summed E-state index contributed by atoms with van der Waals surface area (Å²) in [7, 11) is -2.57. The number of carboxylic acid groups (broad SMARTS) is 2. The van der Waals surface area contributed by atoms with Gasteiger partial charge in [0, 0.05) is 0 Å². The molecule has 0 aromatic carbocycles. The summed E-state index contributed by atoms with van der Waals surface area (Å²) in [6.07, 6.45) is 0.634. The monoisotopic (exact) mass is 526 g/mol. The Kier molecular flexibility index (Phi) is 18.6. The molecule has 0 N–H and O–H groups in total. The first-order valence-corrected chi connectivity index (χ1v) is 18.3. The number of carbonyl (C=O) groups is 4. The van der Waals surface area contributed by atoms with Crippen LogP contribution in [-0.2, 0) is 48.3 Å². The fraction of sp³-hybridized carbons (Fsp3) is 0.778. The van der Waals surface area contributed by atoms with E-state index in [1.54, 1.807) is 13.8 Å². The van der Waals surface area contributed by atoms with Crippen LogP contribution in [0, 0.1) is 11.8 Å². The van der Waals surface area contributed by atoms with Crippen LogP contribution in [0.3, 0.4) is 0 Å². The summed E-state index contributed by atoms with van der Waals surface area (Å²) in [5.74, 6) is -5.04. The van der Waals surface area contributed by atoms with Crippen LogP contribution < -0.4 is 10.2 Å². The van der Waals surface area contributed by atoms with Crippen molar-refractivity contribution in [1.29, 1.82) is 0 Å². The molecule has 0 heterocycles. The Balaban J connectivity index is -0.000000352. The molecule has 0 aromatic heterocycles. The predicted octanol–water partition coefficient (Wildman–Crippen LogP) is 1.30. The van der Waals surface area contributed by atoms with E-state index in [9.17, 15) is 29.4 Å². The van der Waals surface area contributed by atoms with Gasteiger partial charge in [-0.2, -0.15) is 0 Å². The fourth-order valence-corrected chi connectivity index (χ4v) is 6.79. The number of rotatable bonds is 10. The van der Waals surface area contributed by atoms with Gasteiger partial charge < -0.3 is 19.8 Å². The van der Waals surface area contributed by atoms with Crippen molar-refractivity contribution < 1.29 is 58.5 Å². The van der Waals surface area contributed by atoms with Crippen molar-refractivity contribution in [3.05, 3.63) is 0 Å². The number of carbonyl (C=O) groups excluding carboxylic acids is 4. The van der Waals surface area contributed by atoms with E-state index < -0.39 is 64.5 Å². The predicted molar refractivity (Wildman–Crippen MR) is 108 cm³/mol. The summed E-state index contributed by atoms with van der Waals surface area (Å²) in [4.78, 5) is 40.9. The zero-order valence-electron chi connectivity index (χ0n) is 19.3. The fourth-order valence-electron chi connectivity index (χ4n) is 1.51. The molecule has 0 aliphatic heterocycles. The molecule has 0 saturated carbocycles. The van der Waals surface area contributed by atoms with E-state index in [2.05, 4.69) is 39.3 Å². The van der Waals surface area contributed by atoms with Gasteiger partial charge in [-0.1, -0.05) is 13.8 Å². The van der Waals surface area contributed by atoms with Gasteiger partial charge in [-0.15, -0.1) is 0 Å². The Labute approximate surface area is 189 Å². The Bertz CT molecular complexity index is 453. The molecular weight excluding hydrogens is 492 g/mol. The number of carboxylic acids is 2. The van der Waals surface area contributed by atoms with Crippen LogP contribution >= 0.6 is 0 Å². The van der Waals surface area contributed by atoms with E-state index in [-0.39, 0.29) is 11.6 Å². The third kappa shape index (κ3) is 23.7. The molecular formula is C18H36O8Si2Zr. The van der Waals surface area contributed by atoms with Crippen molar-refractivity contribution in [3.63, 3.8) is 0 Å². The van der Waals surface area contributed by atoms with Crippen LogP contribution in [0.25, 0.3) is 0 Å². The second-order valence-corrected chi connectivity index (χ2v) is 20.6. The average molecular weight is 528 g/mol. The van der Waals surface area contributed by atoms with Crippen molar-refractivity contribution in [2.24, 2.45) is 11.8 Å². The third-order valence-electron chi connectivity index (χ3n) is 3.06. The minimum atomic E-state index is -1.28. The molecule has 11 heteroatoms. The summed E-state index contributed by atoms with van der Waals surface area (Å²) >= 11 is -0.935. The van der Waals surface area contributed by atoms with E-state index in [1.807, 2.05) is 0 Å². The molecule has 0 aliphatic carbocycles. The van der Waals surface area contributed by atoms with Gasteiger partial charge in [0.15, 0.2) is 0 Å². The molecule has 0 saturated heterocycles. The van der Waals surface area contributed by atoms with Gasteiger partial charge in [-0.05, 0) is 26.7 Å². The Hall–Kier alpha value is -0.483. The van der Waals surface area contributed by atoms with Crippen molar-refractivity contribution in [2.45, 2.75) is 79.8 Å². The second kappa shape index (κ2) is 16.2. The van der Waals surface area contributed by atoms with E-state index in [4.69, 9.17) is 5.00 Å². The summed E-state index contributed by atoms with van der Waals surface area (Å²) in [5, 5.41) is 20.1. The molecule has 0 rings (SSSR count). The zero-order chi connectivity index (χ0) is 24.0. The van der Waals surface area contributed by atoms with Crippen molar-refractivity contribution in [2.75, 3.05) is 0 Å². The first-order chi connectivity index (χ1) is 12.9. The number of Topliss-reactive ketones (excluding diaryl/α,β-unsaturated/α-hetero) is 2. The van der Waals surface area contributed by atoms with Crippen molar-refractivity contribution in [3.8, 4) is 0 Å². The first kappa shape index (κ1) is 33.2. The van der Waals surface area contributed by atoms with E-state index in [0.29, 0.717) is 12.8 Å². The second-order valence-electron chi connectivity index (χ2n) is 8.29. The third-order valence-corrected chi connectivity index (χ3v) is 14.7. The number of aliphatic carboxylic acids is 2. The summed E-state index contributed by atoms with van der Waals surface area (Å²) in [5.41, 5.74) is 0. The number of ketones is 2.